The average Bonchev–Trinajstić information content (AvgIpc) is 2.78. The van der Waals surface area contributed by atoms with Gasteiger partial charge in [-0.3, -0.25) is 9.69 Å². The highest BCUT2D eigenvalue weighted by Gasteiger charge is 2.28. The lowest BCUT2D eigenvalue weighted by atomic mass is 10.2. The molecule has 1 fully saturated rings. The summed E-state index contributed by atoms with van der Waals surface area (Å²) in [6, 6.07) is 6.74. The van der Waals surface area contributed by atoms with Crippen molar-refractivity contribution in [1.29, 1.82) is 0 Å². The molecule has 1 saturated heterocycles. The van der Waals surface area contributed by atoms with Gasteiger partial charge in [0.25, 0.3) is 0 Å². The van der Waals surface area contributed by atoms with E-state index in [0.717, 1.165) is 12.8 Å². The lowest BCUT2D eigenvalue weighted by molar-refractivity contribution is -0.115. The minimum Gasteiger partial charge on any atom is -0.462 e. The van der Waals surface area contributed by atoms with E-state index in [1.807, 2.05) is 6.92 Å². The second kappa shape index (κ2) is 6.85. The zero-order chi connectivity index (χ0) is 14.5. The zero-order valence-electron chi connectivity index (χ0n) is 11.1. The Hall–Kier alpha value is -1.40. The molecular formula is C14H15NO3S2. The van der Waals surface area contributed by atoms with Gasteiger partial charge in [0.15, 0.2) is 0 Å². The molecule has 0 spiro atoms. The number of nitrogens with zero attached hydrogens (tertiary/aromatic N) is 1. The molecule has 0 bridgehead atoms. The topological polar surface area (TPSA) is 46.6 Å². The van der Waals surface area contributed by atoms with Crippen molar-refractivity contribution in [2.24, 2.45) is 0 Å². The number of carbonyl (C=O) groups excluding carboxylic acids is 2. The fourth-order valence-electron chi connectivity index (χ4n) is 1.74. The highest BCUT2D eigenvalue weighted by Crippen LogP contribution is 2.26. The van der Waals surface area contributed by atoms with E-state index in [-0.39, 0.29) is 11.9 Å². The summed E-state index contributed by atoms with van der Waals surface area (Å²) in [5.74, 6) is 0.00703. The normalized spacial score (nSPS) is 14.8. The molecule has 1 aliphatic heterocycles. The molecular weight excluding hydrogens is 294 g/mol. The van der Waals surface area contributed by atoms with Crippen LogP contribution in [0.3, 0.4) is 0 Å². The second-order valence-corrected chi connectivity index (χ2v) is 5.93. The van der Waals surface area contributed by atoms with Crippen LogP contribution in [0.4, 0.5) is 5.69 Å². The van der Waals surface area contributed by atoms with E-state index < -0.39 is 0 Å². The number of anilines is 1. The molecule has 4 nitrogen and oxygen atoms in total. The third-order valence-corrected chi connectivity index (χ3v) is 4.20. The number of rotatable bonds is 5. The number of thioether (sulfide) groups is 1. The maximum Gasteiger partial charge on any atom is 0.338 e. The largest absolute Gasteiger partial charge is 0.462 e. The Morgan fingerprint density at radius 1 is 1.40 bits per heavy atom. The predicted octanol–water partition coefficient (Wildman–Crippen LogP) is 3.01. The zero-order valence-corrected chi connectivity index (χ0v) is 12.8. The first-order chi connectivity index (χ1) is 9.63. The molecule has 0 N–H and O–H groups in total. The van der Waals surface area contributed by atoms with Crippen LogP contribution in [0.25, 0.3) is 0 Å². The number of unbranched alkanes of at least 4 members (excludes halogenated alkanes) is 1. The SMILES string of the molecule is CCCCOC(=O)c1ccc(N2C(=O)CSC2=S)cc1. The molecule has 2 rings (SSSR count). The van der Waals surface area contributed by atoms with E-state index in [4.69, 9.17) is 17.0 Å². The first-order valence-electron chi connectivity index (χ1n) is 6.40. The number of esters is 1. The van der Waals surface area contributed by atoms with Gasteiger partial charge in [-0.25, -0.2) is 4.79 Å². The maximum atomic E-state index is 11.7. The van der Waals surface area contributed by atoms with Crippen molar-refractivity contribution >= 4 is 45.9 Å². The van der Waals surface area contributed by atoms with Gasteiger partial charge >= 0.3 is 5.97 Å². The van der Waals surface area contributed by atoms with Crippen LogP contribution in [0.1, 0.15) is 30.1 Å². The molecule has 0 unspecified atom stereocenters. The van der Waals surface area contributed by atoms with Crippen molar-refractivity contribution in [2.75, 3.05) is 17.3 Å². The summed E-state index contributed by atoms with van der Waals surface area (Å²) >= 11 is 6.48. The van der Waals surface area contributed by atoms with E-state index in [1.54, 1.807) is 24.3 Å². The van der Waals surface area contributed by atoms with Crippen LogP contribution in [0.5, 0.6) is 0 Å². The van der Waals surface area contributed by atoms with Gasteiger partial charge in [0.05, 0.1) is 23.6 Å². The summed E-state index contributed by atoms with van der Waals surface area (Å²) in [6.45, 7) is 2.47. The molecule has 1 aromatic carbocycles. The fraction of sp³-hybridized carbons (Fsp3) is 0.357. The first-order valence-corrected chi connectivity index (χ1v) is 7.79. The van der Waals surface area contributed by atoms with E-state index >= 15 is 0 Å². The van der Waals surface area contributed by atoms with Gasteiger partial charge in [-0.05, 0) is 30.7 Å². The average molecular weight is 309 g/mol. The molecule has 1 heterocycles. The Balaban J connectivity index is 2.04. The van der Waals surface area contributed by atoms with Crippen LogP contribution in [-0.4, -0.2) is 28.6 Å². The van der Waals surface area contributed by atoms with Crippen molar-refractivity contribution in [3.05, 3.63) is 29.8 Å². The van der Waals surface area contributed by atoms with Crippen molar-refractivity contribution in [3.63, 3.8) is 0 Å². The number of carbonyl (C=O) groups is 2. The number of ether oxygens (including phenoxy) is 1. The Morgan fingerprint density at radius 3 is 2.65 bits per heavy atom. The molecule has 20 heavy (non-hydrogen) atoms. The quantitative estimate of drug-likeness (QED) is 0.475. The number of hydrogen-bond donors (Lipinski definition) is 0. The minimum absolute atomic E-state index is 0.0294. The third-order valence-electron chi connectivity index (χ3n) is 2.84. The van der Waals surface area contributed by atoms with Crippen LogP contribution in [0, 0.1) is 0 Å². The molecule has 1 aromatic rings. The Labute approximate surface area is 127 Å². The summed E-state index contributed by atoms with van der Waals surface area (Å²) in [4.78, 5) is 24.9. The van der Waals surface area contributed by atoms with Crippen LogP contribution in [0.2, 0.25) is 0 Å². The highest BCUT2D eigenvalue weighted by atomic mass is 32.2. The lowest BCUT2D eigenvalue weighted by Gasteiger charge is -2.15. The second-order valence-electron chi connectivity index (χ2n) is 4.32. The molecule has 6 heteroatoms. The Morgan fingerprint density at radius 2 is 2.10 bits per heavy atom. The fourth-order valence-corrected chi connectivity index (χ4v) is 2.84. The molecule has 106 valence electrons. The Bertz CT molecular complexity index is 512. The maximum absolute atomic E-state index is 11.7. The van der Waals surface area contributed by atoms with Crippen LogP contribution < -0.4 is 4.90 Å². The third kappa shape index (κ3) is 3.37. The van der Waals surface area contributed by atoms with Gasteiger partial charge in [-0.15, -0.1) is 0 Å². The molecule has 0 radical (unpaired) electrons. The van der Waals surface area contributed by atoms with Gasteiger partial charge < -0.3 is 4.74 Å². The summed E-state index contributed by atoms with van der Waals surface area (Å²) in [5.41, 5.74) is 1.17. The van der Waals surface area contributed by atoms with Gasteiger partial charge in [-0.2, -0.15) is 0 Å². The van der Waals surface area contributed by atoms with Crippen LogP contribution in [-0.2, 0) is 9.53 Å². The summed E-state index contributed by atoms with van der Waals surface area (Å²) in [7, 11) is 0. The van der Waals surface area contributed by atoms with Gasteiger partial charge in [0.2, 0.25) is 5.91 Å². The molecule has 0 aromatic heterocycles. The monoisotopic (exact) mass is 309 g/mol. The predicted molar refractivity (Wildman–Crippen MR) is 84.2 cm³/mol. The van der Waals surface area contributed by atoms with Gasteiger partial charge in [0.1, 0.15) is 4.32 Å². The Kier molecular flexibility index (Phi) is 5.14. The van der Waals surface area contributed by atoms with Crippen molar-refractivity contribution in [3.8, 4) is 0 Å². The highest BCUT2D eigenvalue weighted by molar-refractivity contribution is 8.24. The van der Waals surface area contributed by atoms with E-state index in [1.165, 1.54) is 16.7 Å². The summed E-state index contributed by atoms with van der Waals surface area (Å²) < 4.78 is 5.68. The molecule has 0 saturated carbocycles. The standard InChI is InChI=1S/C14H15NO3S2/c1-2-3-8-18-13(17)10-4-6-11(7-5-10)15-12(16)9-20-14(15)19/h4-7H,2-3,8-9H2,1H3. The smallest absolute Gasteiger partial charge is 0.338 e. The van der Waals surface area contributed by atoms with E-state index in [0.29, 0.717) is 27.9 Å². The van der Waals surface area contributed by atoms with Crippen molar-refractivity contribution in [1.82, 2.24) is 0 Å². The number of thiocarbonyl (C=S) groups is 1. The molecule has 1 aliphatic rings. The van der Waals surface area contributed by atoms with Gasteiger partial charge in [0, 0.05) is 0 Å². The summed E-state index contributed by atoms with van der Waals surface area (Å²) in [6.07, 6.45) is 1.84. The van der Waals surface area contributed by atoms with Crippen LogP contribution in [0.15, 0.2) is 24.3 Å². The number of amides is 1. The van der Waals surface area contributed by atoms with Gasteiger partial charge in [-0.1, -0.05) is 37.3 Å². The van der Waals surface area contributed by atoms with Crippen molar-refractivity contribution < 1.29 is 14.3 Å². The number of benzene rings is 1. The van der Waals surface area contributed by atoms with E-state index in [9.17, 15) is 9.59 Å². The minimum atomic E-state index is -0.338. The van der Waals surface area contributed by atoms with E-state index in [2.05, 4.69) is 0 Å². The summed E-state index contributed by atoms with van der Waals surface area (Å²) in [5, 5.41) is 0. The molecule has 0 aliphatic carbocycles. The lowest BCUT2D eigenvalue weighted by Crippen LogP contribution is -2.27. The first kappa shape index (κ1) is 15.0. The molecule has 1 amide bonds. The molecule has 0 atom stereocenters. The van der Waals surface area contributed by atoms with Crippen molar-refractivity contribution in [2.45, 2.75) is 19.8 Å². The number of hydrogen-bond acceptors (Lipinski definition) is 5. The van der Waals surface area contributed by atoms with Crippen LogP contribution >= 0.6 is 24.0 Å².